The second kappa shape index (κ2) is 8.70. The molecule has 1 heterocycles. The fourth-order valence-corrected chi connectivity index (χ4v) is 2.97. The number of barbiturate groups is 1. The molecule has 5 amide bonds. The van der Waals surface area contributed by atoms with Gasteiger partial charge in [-0.2, -0.15) is 0 Å². The fourth-order valence-electron chi connectivity index (χ4n) is 2.59. The maximum atomic E-state index is 12.2. The molecule has 29 heavy (non-hydrogen) atoms. The van der Waals surface area contributed by atoms with Crippen molar-refractivity contribution >= 4 is 51.4 Å². The molecule has 3 N–H and O–H groups in total. The number of nitrogens with one attached hydrogen (secondary N) is 3. The molecule has 1 aliphatic heterocycles. The minimum absolute atomic E-state index is 0.253. The van der Waals surface area contributed by atoms with Gasteiger partial charge in [0, 0.05) is 15.7 Å². The number of anilines is 1. The molecule has 0 aliphatic carbocycles. The lowest BCUT2D eigenvalue weighted by Gasteiger charge is -2.15. The van der Waals surface area contributed by atoms with Gasteiger partial charge in [0.1, 0.15) is 11.3 Å². The molecular weight excluding hydrogens is 442 g/mol. The van der Waals surface area contributed by atoms with Crippen LogP contribution in [0.3, 0.4) is 0 Å². The van der Waals surface area contributed by atoms with Crippen molar-refractivity contribution in [2.24, 2.45) is 0 Å². The summed E-state index contributed by atoms with van der Waals surface area (Å²) >= 11 is 3.31. The van der Waals surface area contributed by atoms with Gasteiger partial charge in [0.15, 0.2) is 6.61 Å². The average Bonchev–Trinajstić information content (AvgIpc) is 2.64. The van der Waals surface area contributed by atoms with Crippen molar-refractivity contribution in [1.29, 1.82) is 0 Å². The van der Waals surface area contributed by atoms with Crippen molar-refractivity contribution in [3.8, 4) is 5.75 Å². The number of rotatable bonds is 5. The topological polar surface area (TPSA) is 114 Å². The van der Waals surface area contributed by atoms with Crippen LogP contribution in [0.2, 0.25) is 0 Å². The molecule has 0 saturated carbocycles. The number of amides is 5. The van der Waals surface area contributed by atoms with E-state index in [1.807, 2.05) is 35.8 Å². The van der Waals surface area contributed by atoms with Gasteiger partial charge in [-0.3, -0.25) is 25.0 Å². The lowest BCUT2D eigenvalue weighted by Crippen LogP contribution is -2.51. The van der Waals surface area contributed by atoms with Gasteiger partial charge < -0.3 is 10.1 Å². The predicted octanol–water partition coefficient (Wildman–Crippen LogP) is 2.52. The van der Waals surface area contributed by atoms with E-state index in [0.29, 0.717) is 15.7 Å². The van der Waals surface area contributed by atoms with E-state index in [1.165, 1.54) is 6.08 Å². The minimum atomic E-state index is -0.879. The molecule has 0 radical (unpaired) electrons. The van der Waals surface area contributed by atoms with Gasteiger partial charge in [-0.15, -0.1) is 0 Å². The molecule has 0 atom stereocenters. The summed E-state index contributed by atoms with van der Waals surface area (Å²) in [6.45, 7) is 1.64. The summed E-state index contributed by atoms with van der Waals surface area (Å²) in [5.41, 5.74) is 1.79. The summed E-state index contributed by atoms with van der Waals surface area (Å²) in [5.74, 6) is -1.71. The molecule has 1 aliphatic rings. The quantitative estimate of drug-likeness (QED) is 0.471. The fraction of sp³-hybridized carbons (Fsp3) is 0.100. The first kappa shape index (κ1) is 20.3. The Hall–Kier alpha value is -3.46. The zero-order valence-corrected chi connectivity index (χ0v) is 16.8. The molecule has 2 aromatic rings. The third kappa shape index (κ3) is 5.29. The van der Waals surface area contributed by atoms with Gasteiger partial charge in [-0.05, 0) is 48.9 Å². The van der Waals surface area contributed by atoms with E-state index < -0.39 is 17.8 Å². The van der Waals surface area contributed by atoms with Crippen LogP contribution in [-0.2, 0) is 14.4 Å². The van der Waals surface area contributed by atoms with Gasteiger partial charge in [-0.25, -0.2) is 4.79 Å². The highest BCUT2D eigenvalue weighted by Crippen LogP contribution is 2.26. The second-order valence-electron chi connectivity index (χ2n) is 6.18. The summed E-state index contributed by atoms with van der Waals surface area (Å²) in [4.78, 5) is 47.2. The maximum Gasteiger partial charge on any atom is 0.328 e. The van der Waals surface area contributed by atoms with Crippen molar-refractivity contribution in [3.05, 3.63) is 63.6 Å². The number of halogens is 1. The molecule has 9 heteroatoms. The Balaban J connectivity index is 1.76. The van der Waals surface area contributed by atoms with Crippen LogP contribution in [0.4, 0.5) is 10.5 Å². The van der Waals surface area contributed by atoms with Crippen LogP contribution in [0, 0.1) is 6.92 Å². The lowest BCUT2D eigenvalue weighted by atomic mass is 10.1. The Morgan fingerprint density at radius 1 is 1.10 bits per heavy atom. The monoisotopic (exact) mass is 457 g/mol. The molecule has 148 valence electrons. The van der Waals surface area contributed by atoms with Crippen LogP contribution in [0.15, 0.2) is 52.5 Å². The smallest absolute Gasteiger partial charge is 0.328 e. The molecule has 0 aromatic heterocycles. The zero-order valence-electron chi connectivity index (χ0n) is 15.2. The lowest BCUT2D eigenvalue weighted by molar-refractivity contribution is -0.124. The molecule has 3 rings (SSSR count). The Kier molecular flexibility index (Phi) is 6.08. The summed E-state index contributed by atoms with van der Waals surface area (Å²) in [6, 6.07) is 11.4. The van der Waals surface area contributed by atoms with Crippen molar-refractivity contribution in [2.45, 2.75) is 6.92 Å². The van der Waals surface area contributed by atoms with Crippen LogP contribution >= 0.6 is 15.9 Å². The van der Waals surface area contributed by atoms with Crippen LogP contribution in [-0.4, -0.2) is 30.4 Å². The number of carbonyl (C=O) groups excluding carboxylic acids is 4. The first-order chi connectivity index (χ1) is 13.8. The third-order valence-electron chi connectivity index (χ3n) is 3.88. The van der Waals surface area contributed by atoms with Crippen molar-refractivity contribution in [1.82, 2.24) is 10.6 Å². The van der Waals surface area contributed by atoms with Gasteiger partial charge in [0.05, 0.1) is 0 Å². The number of aryl methyl sites for hydroxylation is 1. The summed E-state index contributed by atoms with van der Waals surface area (Å²) in [6.07, 6.45) is 1.29. The maximum absolute atomic E-state index is 12.2. The van der Waals surface area contributed by atoms with Gasteiger partial charge in [0.2, 0.25) is 0 Å². The highest BCUT2D eigenvalue weighted by Gasteiger charge is 2.28. The normalized spacial score (nSPS) is 13.4. The predicted molar refractivity (Wildman–Crippen MR) is 109 cm³/mol. The SMILES string of the molecule is Cc1cccc(NC(=O)COc2ccc(Br)cc2C=C2C(=O)NC(=O)NC2=O)c1. The largest absolute Gasteiger partial charge is 0.483 e. The average molecular weight is 458 g/mol. The first-order valence-electron chi connectivity index (χ1n) is 8.49. The number of ether oxygens (including phenoxy) is 1. The first-order valence-corrected chi connectivity index (χ1v) is 9.28. The number of benzene rings is 2. The number of urea groups is 1. The van der Waals surface area contributed by atoms with E-state index in [9.17, 15) is 19.2 Å². The molecule has 0 unspecified atom stereocenters. The number of hydrogen-bond donors (Lipinski definition) is 3. The summed E-state index contributed by atoms with van der Waals surface area (Å²) in [7, 11) is 0. The Morgan fingerprint density at radius 2 is 1.83 bits per heavy atom. The van der Waals surface area contributed by atoms with Gasteiger partial charge in [0.25, 0.3) is 17.7 Å². The molecular formula is C20H16BrN3O5. The van der Waals surface area contributed by atoms with Crippen LogP contribution < -0.4 is 20.7 Å². The molecule has 8 nitrogen and oxygen atoms in total. The second-order valence-corrected chi connectivity index (χ2v) is 7.10. The summed E-state index contributed by atoms with van der Waals surface area (Å²) in [5, 5.41) is 6.73. The molecule has 1 fully saturated rings. The molecule has 2 aromatic carbocycles. The van der Waals surface area contributed by atoms with Crippen molar-refractivity contribution in [3.63, 3.8) is 0 Å². The van der Waals surface area contributed by atoms with Gasteiger partial charge in [-0.1, -0.05) is 28.1 Å². The van der Waals surface area contributed by atoms with E-state index in [-0.39, 0.29) is 23.8 Å². The van der Waals surface area contributed by atoms with Crippen LogP contribution in [0.25, 0.3) is 6.08 Å². The van der Waals surface area contributed by atoms with Gasteiger partial charge >= 0.3 is 6.03 Å². The zero-order chi connectivity index (χ0) is 21.0. The Morgan fingerprint density at radius 3 is 2.52 bits per heavy atom. The number of imide groups is 2. The highest BCUT2D eigenvalue weighted by molar-refractivity contribution is 9.10. The summed E-state index contributed by atoms with van der Waals surface area (Å²) < 4.78 is 6.26. The molecule has 1 saturated heterocycles. The minimum Gasteiger partial charge on any atom is -0.483 e. The van der Waals surface area contributed by atoms with E-state index in [2.05, 4.69) is 21.2 Å². The van der Waals surface area contributed by atoms with Crippen molar-refractivity contribution in [2.75, 3.05) is 11.9 Å². The Bertz CT molecular complexity index is 1030. The number of hydrogen-bond acceptors (Lipinski definition) is 5. The van der Waals surface area contributed by atoms with Crippen LogP contribution in [0.1, 0.15) is 11.1 Å². The standard InChI is InChI=1S/C20H16BrN3O5/c1-11-3-2-4-14(7-11)22-17(25)10-29-16-6-5-13(21)8-12(16)9-15-18(26)23-20(28)24-19(15)27/h2-9H,10H2,1H3,(H,22,25)(H2,23,24,26,27,28). The van der Waals surface area contributed by atoms with E-state index in [1.54, 1.807) is 24.3 Å². The number of carbonyl (C=O) groups is 4. The highest BCUT2D eigenvalue weighted by atomic mass is 79.9. The van der Waals surface area contributed by atoms with E-state index >= 15 is 0 Å². The van der Waals surface area contributed by atoms with E-state index in [4.69, 9.17) is 4.74 Å². The molecule has 0 spiro atoms. The van der Waals surface area contributed by atoms with Crippen LogP contribution in [0.5, 0.6) is 5.75 Å². The third-order valence-corrected chi connectivity index (χ3v) is 4.37. The van der Waals surface area contributed by atoms with E-state index in [0.717, 1.165) is 5.56 Å². The molecule has 0 bridgehead atoms. The Labute approximate surface area is 174 Å². The van der Waals surface area contributed by atoms with Crippen molar-refractivity contribution < 1.29 is 23.9 Å².